The molecule has 1 aromatic carbocycles. The first kappa shape index (κ1) is 8.55. The van der Waals surface area contributed by atoms with Crippen molar-refractivity contribution in [2.45, 2.75) is 0 Å². The topological polar surface area (TPSA) is 72.4 Å². The number of hydrogen-bond donors (Lipinski definition) is 1. The highest BCUT2D eigenvalue weighted by atomic mass is 16.5. The Kier molecular flexibility index (Phi) is 1.85. The molecule has 0 unspecified atom stereocenters. The van der Waals surface area contributed by atoms with E-state index in [1.165, 1.54) is 6.07 Å². The van der Waals surface area contributed by atoms with Crippen molar-refractivity contribution >= 4 is 12.1 Å². The van der Waals surface area contributed by atoms with Gasteiger partial charge in [0.05, 0.1) is 5.56 Å². The van der Waals surface area contributed by atoms with Gasteiger partial charge in [-0.25, -0.2) is 0 Å². The minimum atomic E-state index is -0.0267. The van der Waals surface area contributed by atoms with Crippen molar-refractivity contribution in [1.82, 2.24) is 0 Å². The summed E-state index contributed by atoms with van der Waals surface area (Å²) in [6, 6.07) is 6.43. The van der Waals surface area contributed by atoms with E-state index in [1.54, 1.807) is 18.2 Å². The van der Waals surface area contributed by atoms with E-state index in [-0.39, 0.29) is 18.0 Å². The van der Waals surface area contributed by atoms with Gasteiger partial charge in [0.2, 0.25) is 6.54 Å². The van der Waals surface area contributed by atoms with Gasteiger partial charge in [-0.05, 0) is 12.1 Å². The highest BCUT2D eigenvalue weighted by Gasteiger charge is 2.26. The monoisotopic (exact) mass is 192 g/mol. The second kappa shape index (κ2) is 3.02. The van der Waals surface area contributed by atoms with Gasteiger partial charge in [-0.3, -0.25) is 0 Å². The molecule has 0 amide bonds. The number of aromatic hydroxyl groups is 1. The fourth-order valence-electron chi connectivity index (χ4n) is 1.37. The predicted octanol–water partition coefficient (Wildman–Crippen LogP) is 0.244. The summed E-state index contributed by atoms with van der Waals surface area (Å²) in [6.45, 7) is -0.0267. The number of benzene rings is 1. The zero-order valence-corrected chi connectivity index (χ0v) is 7.25. The number of rotatable bonds is 1. The first-order valence-electron chi connectivity index (χ1n) is 4.08. The van der Waals surface area contributed by atoms with Crippen molar-refractivity contribution in [3.63, 3.8) is 0 Å². The van der Waals surface area contributed by atoms with Gasteiger partial charge in [0, 0.05) is 0 Å². The second-order valence-electron chi connectivity index (χ2n) is 2.98. The van der Waals surface area contributed by atoms with E-state index in [9.17, 15) is 15.5 Å². The Hall–Kier alpha value is -2.04. The van der Waals surface area contributed by atoms with E-state index in [1.807, 2.05) is 0 Å². The molecule has 0 fully saturated rings. The Balaban J connectivity index is 2.44. The van der Waals surface area contributed by atoms with Crippen LogP contribution in [-0.4, -0.2) is 33.2 Å². The van der Waals surface area contributed by atoms with Gasteiger partial charge in [-0.1, -0.05) is 12.1 Å². The summed E-state index contributed by atoms with van der Waals surface area (Å²) in [4.78, 5) is 0. The highest BCUT2D eigenvalue weighted by Crippen LogP contribution is 2.17. The fourth-order valence-corrected chi connectivity index (χ4v) is 1.37. The maximum Gasteiger partial charge on any atom is 0.425 e. The van der Waals surface area contributed by atoms with Crippen molar-refractivity contribution in [2.24, 2.45) is 0 Å². The molecule has 0 saturated heterocycles. The number of phenols is 1. The average Bonchev–Trinajstić information content (AvgIpc) is 2.46. The van der Waals surface area contributed by atoms with E-state index in [4.69, 9.17) is 0 Å². The molecule has 1 aromatic rings. The molecule has 0 aliphatic carbocycles. The predicted molar refractivity (Wildman–Crippen MR) is 50.4 cm³/mol. The third-order valence-corrected chi connectivity index (χ3v) is 2.02. The lowest BCUT2D eigenvalue weighted by molar-refractivity contribution is -0.462. The molecule has 1 heterocycles. The van der Waals surface area contributed by atoms with Crippen LogP contribution in [-0.2, 0) is 0 Å². The molecule has 1 aliphatic heterocycles. The van der Waals surface area contributed by atoms with Crippen molar-refractivity contribution in [3.05, 3.63) is 40.2 Å². The van der Waals surface area contributed by atoms with Crippen molar-refractivity contribution in [1.29, 1.82) is 0 Å². The smallest absolute Gasteiger partial charge is 0.425 e. The Morgan fingerprint density at radius 1 is 1.21 bits per heavy atom. The third kappa shape index (κ3) is 1.28. The molecular weight excluding hydrogens is 184 g/mol. The van der Waals surface area contributed by atoms with Crippen molar-refractivity contribution in [2.75, 3.05) is 6.54 Å². The number of para-hydroxylation sites is 1. The van der Waals surface area contributed by atoms with Gasteiger partial charge in [0.25, 0.3) is 5.71 Å². The molecule has 0 radical (unpaired) electrons. The number of hydrogen-bond acceptors (Lipinski definition) is 3. The summed E-state index contributed by atoms with van der Waals surface area (Å²) in [6.07, 6.45) is 0.905. The lowest BCUT2D eigenvalue weighted by Crippen LogP contribution is -2.14. The van der Waals surface area contributed by atoms with Crippen molar-refractivity contribution < 1.29 is 14.6 Å². The van der Waals surface area contributed by atoms with E-state index in [2.05, 4.69) is 0 Å². The van der Waals surface area contributed by atoms with Crippen LogP contribution in [0.15, 0.2) is 24.3 Å². The molecular formula is C9H8N2O3. The quantitative estimate of drug-likeness (QED) is 0.511. The molecule has 14 heavy (non-hydrogen) atoms. The Bertz CT molecular complexity index is 437. The Labute approximate surface area is 80.0 Å². The Morgan fingerprint density at radius 3 is 2.50 bits per heavy atom. The van der Waals surface area contributed by atoms with Gasteiger partial charge in [0.1, 0.15) is 5.75 Å². The molecule has 2 rings (SSSR count). The minimum Gasteiger partial charge on any atom is -0.619 e. The summed E-state index contributed by atoms with van der Waals surface area (Å²) < 4.78 is 0.997. The van der Waals surface area contributed by atoms with Crippen LogP contribution in [0.2, 0.25) is 0 Å². The molecule has 1 aliphatic rings. The van der Waals surface area contributed by atoms with E-state index in [0.717, 1.165) is 6.34 Å². The second-order valence-corrected chi connectivity index (χ2v) is 2.98. The van der Waals surface area contributed by atoms with Gasteiger partial charge in [-0.2, -0.15) is 0 Å². The summed E-state index contributed by atoms with van der Waals surface area (Å²) in [5.74, 6) is 0.00653. The normalized spacial score (nSPS) is 15.9. The van der Waals surface area contributed by atoms with Crippen molar-refractivity contribution in [3.8, 4) is 5.75 Å². The number of hydroxylamine groups is 2. The number of phenolic OH excluding ortho intramolecular Hbond substituents is 1. The lowest BCUT2D eigenvalue weighted by atomic mass is 10.1. The van der Waals surface area contributed by atoms with Crippen LogP contribution in [0.5, 0.6) is 5.75 Å². The summed E-state index contributed by atoms with van der Waals surface area (Å²) in [5, 5.41) is 31.5. The molecule has 0 spiro atoms. The van der Waals surface area contributed by atoms with Gasteiger partial charge < -0.3 is 15.5 Å². The fraction of sp³-hybridized carbons (Fsp3) is 0.111. The molecule has 1 N–H and O–H groups in total. The average molecular weight is 192 g/mol. The van der Waals surface area contributed by atoms with E-state index >= 15 is 0 Å². The Morgan fingerprint density at radius 2 is 1.93 bits per heavy atom. The van der Waals surface area contributed by atoms with Crippen LogP contribution in [0.1, 0.15) is 5.56 Å². The van der Waals surface area contributed by atoms with Crippen LogP contribution in [0.25, 0.3) is 0 Å². The maximum absolute atomic E-state index is 11.2. The molecule has 5 nitrogen and oxygen atoms in total. The van der Waals surface area contributed by atoms with Gasteiger partial charge in [-0.15, -0.1) is 9.48 Å². The lowest BCUT2D eigenvalue weighted by Gasteiger charge is -2.00. The minimum absolute atomic E-state index is 0.00653. The molecule has 0 atom stereocenters. The zero-order chi connectivity index (χ0) is 10.1. The summed E-state index contributed by atoms with van der Waals surface area (Å²) >= 11 is 0. The maximum atomic E-state index is 11.2. The molecule has 0 aromatic heterocycles. The SMILES string of the molecule is [O-][N+]1=C[N+]([O-])=C(c2ccccc2O)C1. The molecule has 0 saturated carbocycles. The van der Waals surface area contributed by atoms with Gasteiger partial charge in [0.15, 0.2) is 0 Å². The van der Waals surface area contributed by atoms with E-state index in [0.29, 0.717) is 15.0 Å². The van der Waals surface area contributed by atoms with Crippen LogP contribution >= 0.6 is 0 Å². The zero-order valence-electron chi connectivity index (χ0n) is 7.25. The van der Waals surface area contributed by atoms with Crippen LogP contribution in [0.4, 0.5) is 0 Å². The van der Waals surface area contributed by atoms with Gasteiger partial charge >= 0.3 is 6.34 Å². The molecule has 5 heteroatoms. The molecule has 0 bridgehead atoms. The third-order valence-electron chi connectivity index (χ3n) is 2.02. The first-order chi connectivity index (χ1) is 6.68. The van der Waals surface area contributed by atoms with Crippen LogP contribution in [0.3, 0.4) is 0 Å². The highest BCUT2D eigenvalue weighted by molar-refractivity contribution is 6.02. The standard InChI is InChI=1S/C9H8N2O3/c12-9-4-2-1-3-7(9)8-5-10(13)6-11(8)14/h1-4,6,12H,5H2. The van der Waals surface area contributed by atoms with Crippen LogP contribution in [0, 0.1) is 10.4 Å². The largest absolute Gasteiger partial charge is 0.619 e. The van der Waals surface area contributed by atoms with Crippen LogP contribution < -0.4 is 0 Å². The molecule has 72 valence electrons. The summed E-state index contributed by atoms with van der Waals surface area (Å²) in [5.41, 5.74) is 0.662. The number of nitrogens with zero attached hydrogens (tertiary/aromatic N) is 2. The summed E-state index contributed by atoms with van der Waals surface area (Å²) in [7, 11) is 0. The van der Waals surface area contributed by atoms with E-state index < -0.39 is 0 Å². The first-order valence-corrected chi connectivity index (χ1v) is 4.08.